The smallest absolute Gasteiger partial charge is 0.273 e. The van der Waals surface area contributed by atoms with Crippen molar-refractivity contribution in [2.45, 2.75) is 39.3 Å². The summed E-state index contributed by atoms with van der Waals surface area (Å²) in [4.78, 5) is 23.3. The molecule has 0 unspecified atom stereocenters. The Bertz CT molecular complexity index is 700. The highest BCUT2D eigenvalue weighted by molar-refractivity contribution is 5.94. The monoisotopic (exact) mass is 316 g/mol. The highest BCUT2D eigenvalue weighted by Crippen LogP contribution is 2.30. The van der Waals surface area contributed by atoms with Gasteiger partial charge in [-0.1, -0.05) is 18.1 Å². The van der Waals surface area contributed by atoms with Gasteiger partial charge in [0.15, 0.2) is 5.82 Å². The average molecular weight is 316 g/mol. The molecule has 1 amide bonds. The SMILES string of the molecule is CCc1cccnc1C(=O)N1CCO[C@H](C)[C@H]1c1nc(C)no1. The van der Waals surface area contributed by atoms with Gasteiger partial charge in [-0.3, -0.25) is 9.78 Å². The van der Waals surface area contributed by atoms with Gasteiger partial charge in [-0.15, -0.1) is 0 Å². The quantitative estimate of drug-likeness (QED) is 0.860. The maximum absolute atomic E-state index is 13.0. The van der Waals surface area contributed by atoms with Crippen LogP contribution in [0.3, 0.4) is 0 Å². The van der Waals surface area contributed by atoms with Crippen LogP contribution in [0.25, 0.3) is 0 Å². The van der Waals surface area contributed by atoms with Crippen LogP contribution in [-0.4, -0.2) is 45.2 Å². The first-order chi connectivity index (χ1) is 11.1. The molecule has 122 valence electrons. The molecule has 23 heavy (non-hydrogen) atoms. The number of carbonyl (C=O) groups is 1. The number of rotatable bonds is 3. The zero-order chi connectivity index (χ0) is 16.4. The Hall–Kier alpha value is -2.28. The molecule has 0 bridgehead atoms. The lowest BCUT2D eigenvalue weighted by Crippen LogP contribution is -2.47. The molecular formula is C16H20N4O3. The second kappa shape index (κ2) is 6.45. The zero-order valence-corrected chi connectivity index (χ0v) is 13.5. The van der Waals surface area contributed by atoms with Crippen molar-refractivity contribution < 1.29 is 14.1 Å². The maximum Gasteiger partial charge on any atom is 0.273 e. The van der Waals surface area contributed by atoms with E-state index in [0.29, 0.717) is 30.6 Å². The second-order valence-electron chi connectivity index (χ2n) is 5.56. The number of morpholine rings is 1. The fourth-order valence-corrected chi connectivity index (χ4v) is 2.87. The third kappa shape index (κ3) is 2.96. The van der Waals surface area contributed by atoms with Gasteiger partial charge < -0.3 is 14.2 Å². The summed E-state index contributed by atoms with van der Waals surface area (Å²) in [6.07, 6.45) is 2.17. The predicted octanol–water partition coefficient (Wildman–Crippen LogP) is 1.94. The fourth-order valence-electron chi connectivity index (χ4n) is 2.87. The van der Waals surface area contributed by atoms with Crippen molar-refractivity contribution in [2.24, 2.45) is 0 Å². The summed E-state index contributed by atoms with van der Waals surface area (Å²) >= 11 is 0. The molecule has 0 saturated carbocycles. The minimum absolute atomic E-state index is 0.126. The van der Waals surface area contributed by atoms with E-state index in [9.17, 15) is 4.79 Å². The summed E-state index contributed by atoms with van der Waals surface area (Å²) < 4.78 is 11.0. The van der Waals surface area contributed by atoms with Crippen molar-refractivity contribution in [1.29, 1.82) is 0 Å². The first kappa shape index (κ1) is 15.6. The van der Waals surface area contributed by atoms with Gasteiger partial charge in [0.05, 0.1) is 12.7 Å². The van der Waals surface area contributed by atoms with Gasteiger partial charge in [0.2, 0.25) is 0 Å². The van der Waals surface area contributed by atoms with Gasteiger partial charge in [0, 0.05) is 12.7 Å². The van der Waals surface area contributed by atoms with E-state index in [0.717, 1.165) is 12.0 Å². The lowest BCUT2D eigenvalue weighted by Gasteiger charge is -2.37. The Morgan fingerprint density at radius 2 is 2.30 bits per heavy atom. The summed E-state index contributed by atoms with van der Waals surface area (Å²) in [7, 11) is 0. The highest BCUT2D eigenvalue weighted by Gasteiger charge is 2.38. The van der Waals surface area contributed by atoms with Gasteiger partial charge in [-0.05, 0) is 31.9 Å². The van der Waals surface area contributed by atoms with Gasteiger partial charge in [-0.25, -0.2) is 0 Å². The molecule has 0 aliphatic carbocycles. The number of hydrogen-bond donors (Lipinski definition) is 0. The van der Waals surface area contributed by atoms with Crippen molar-refractivity contribution in [2.75, 3.05) is 13.2 Å². The van der Waals surface area contributed by atoms with Crippen LogP contribution in [0, 0.1) is 6.92 Å². The maximum atomic E-state index is 13.0. The first-order valence-corrected chi connectivity index (χ1v) is 7.78. The summed E-state index contributed by atoms with van der Waals surface area (Å²) in [6, 6.07) is 3.37. The van der Waals surface area contributed by atoms with Crippen LogP contribution < -0.4 is 0 Å². The molecule has 0 radical (unpaired) electrons. The Kier molecular flexibility index (Phi) is 4.38. The molecule has 1 fully saturated rings. The molecule has 0 spiro atoms. The van der Waals surface area contributed by atoms with Crippen molar-refractivity contribution in [1.82, 2.24) is 20.0 Å². The Morgan fingerprint density at radius 1 is 1.48 bits per heavy atom. The minimum Gasteiger partial charge on any atom is -0.374 e. The molecular weight excluding hydrogens is 296 g/mol. The number of carbonyl (C=O) groups excluding carboxylic acids is 1. The van der Waals surface area contributed by atoms with E-state index >= 15 is 0 Å². The number of pyridine rings is 1. The van der Waals surface area contributed by atoms with E-state index in [2.05, 4.69) is 15.1 Å². The molecule has 3 heterocycles. The Balaban J connectivity index is 1.96. The lowest BCUT2D eigenvalue weighted by molar-refractivity contribution is -0.0602. The minimum atomic E-state index is -0.399. The molecule has 2 aromatic heterocycles. The summed E-state index contributed by atoms with van der Waals surface area (Å²) in [5.41, 5.74) is 1.41. The van der Waals surface area contributed by atoms with Crippen LogP contribution in [0.4, 0.5) is 0 Å². The molecule has 2 atom stereocenters. The largest absolute Gasteiger partial charge is 0.374 e. The van der Waals surface area contributed by atoms with Crippen LogP contribution >= 0.6 is 0 Å². The predicted molar refractivity (Wildman–Crippen MR) is 81.8 cm³/mol. The van der Waals surface area contributed by atoms with Crippen LogP contribution in [0.15, 0.2) is 22.9 Å². The molecule has 7 heteroatoms. The highest BCUT2D eigenvalue weighted by atomic mass is 16.5. The number of nitrogens with zero attached hydrogens (tertiary/aromatic N) is 4. The third-order valence-electron chi connectivity index (χ3n) is 4.03. The number of aromatic nitrogens is 3. The van der Waals surface area contributed by atoms with Gasteiger partial charge in [-0.2, -0.15) is 4.98 Å². The van der Waals surface area contributed by atoms with Gasteiger partial charge in [0.1, 0.15) is 11.7 Å². The topological polar surface area (TPSA) is 81.4 Å². The normalized spacial score (nSPS) is 21.4. The second-order valence-corrected chi connectivity index (χ2v) is 5.56. The van der Waals surface area contributed by atoms with Crippen LogP contribution in [-0.2, 0) is 11.2 Å². The zero-order valence-electron chi connectivity index (χ0n) is 13.5. The van der Waals surface area contributed by atoms with Crippen molar-refractivity contribution in [3.63, 3.8) is 0 Å². The molecule has 3 rings (SSSR count). The fraction of sp³-hybridized carbons (Fsp3) is 0.500. The number of aryl methyl sites for hydroxylation is 2. The van der Waals surface area contributed by atoms with Crippen LogP contribution in [0.2, 0.25) is 0 Å². The average Bonchev–Trinajstić information content (AvgIpc) is 2.99. The number of ether oxygens (including phenoxy) is 1. The van der Waals surface area contributed by atoms with Gasteiger partial charge in [0.25, 0.3) is 11.8 Å². The molecule has 1 aliphatic rings. The van der Waals surface area contributed by atoms with E-state index < -0.39 is 6.04 Å². The van der Waals surface area contributed by atoms with Crippen molar-refractivity contribution >= 4 is 5.91 Å². The molecule has 0 aromatic carbocycles. The number of hydrogen-bond acceptors (Lipinski definition) is 6. The molecule has 0 N–H and O–H groups in total. The summed E-state index contributed by atoms with van der Waals surface area (Å²) in [5.74, 6) is 0.813. The summed E-state index contributed by atoms with van der Waals surface area (Å²) in [6.45, 7) is 6.61. The Morgan fingerprint density at radius 3 is 3.00 bits per heavy atom. The number of amides is 1. The van der Waals surface area contributed by atoms with Crippen molar-refractivity contribution in [3.05, 3.63) is 41.3 Å². The standard InChI is InChI=1S/C16H20N4O3/c1-4-12-6-5-7-17-13(12)16(21)20-8-9-22-10(2)14(20)15-18-11(3)19-23-15/h5-7,10,14H,4,8-9H2,1-3H3/t10-,14+/m1/s1. The van der Waals surface area contributed by atoms with E-state index in [-0.39, 0.29) is 12.0 Å². The Labute approximate surface area is 134 Å². The third-order valence-corrected chi connectivity index (χ3v) is 4.03. The van der Waals surface area contributed by atoms with Gasteiger partial charge >= 0.3 is 0 Å². The molecule has 1 saturated heterocycles. The van der Waals surface area contributed by atoms with E-state index in [1.54, 1.807) is 18.0 Å². The molecule has 7 nitrogen and oxygen atoms in total. The van der Waals surface area contributed by atoms with Crippen molar-refractivity contribution in [3.8, 4) is 0 Å². The van der Waals surface area contributed by atoms with E-state index in [1.165, 1.54) is 0 Å². The first-order valence-electron chi connectivity index (χ1n) is 7.78. The molecule has 1 aliphatic heterocycles. The van der Waals surface area contributed by atoms with E-state index in [1.807, 2.05) is 26.0 Å². The van der Waals surface area contributed by atoms with Crippen LogP contribution in [0.5, 0.6) is 0 Å². The van der Waals surface area contributed by atoms with E-state index in [4.69, 9.17) is 9.26 Å². The summed E-state index contributed by atoms with van der Waals surface area (Å²) in [5, 5.41) is 3.83. The molecule has 2 aromatic rings. The lowest BCUT2D eigenvalue weighted by atomic mass is 10.1. The van der Waals surface area contributed by atoms with Crippen LogP contribution in [0.1, 0.15) is 47.7 Å².